The first-order valence-corrected chi connectivity index (χ1v) is 9.61. The van der Waals surface area contributed by atoms with Gasteiger partial charge in [-0.1, -0.05) is 0 Å². The molecule has 1 aliphatic rings. The van der Waals surface area contributed by atoms with Gasteiger partial charge >= 0.3 is 5.63 Å². The van der Waals surface area contributed by atoms with Gasteiger partial charge in [-0.05, 0) is 24.3 Å². The summed E-state index contributed by atoms with van der Waals surface area (Å²) < 4.78 is 21.9. The van der Waals surface area contributed by atoms with Gasteiger partial charge in [-0.3, -0.25) is 0 Å². The number of hydrogen-bond donors (Lipinski definition) is 6. The number of rotatable bonds is 3. The van der Waals surface area contributed by atoms with Gasteiger partial charge in [0.2, 0.25) is 12.0 Å². The lowest BCUT2D eigenvalue weighted by molar-refractivity contribution is -0.277. The van der Waals surface area contributed by atoms with Crippen LogP contribution in [0.1, 0.15) is 0 Å². The Morgan fingerprint density at radius 2 is 1.66 bits per heavy atom. The van der Waals surface area contributed by atoms with Crippen molar-refractivity contribution in [1.29, 1.82) is 0 Å². The average Bonchev–Trinajstić information content (AvgIpc) is 3.16. The van der Waals surface area contributed by atoms with Gasteiger partial charge in [0.05, 0.1) is 12.0 Å². The lowest BCUT2D eigenvalue weighted by atomic mass is 9.99. The Labute approximate surface area is 177 Å². The van der Waals surface area contributed by atoms with E-state index < -0.39 is 54.4 Å². The van der Waals surface area contributed by atoms with Crippen LogP contribution in [-0.2, 0) is 4.74 Å². The van der Waals surface area contributed by atoms with Crippen LogP contribution in [0.2, 0.25) is 0 Å². The molecule has 1 saturated heterocycles. The highest BCUT2D eigenvalue weighted by Crippen LogP contribution is 2.39. The molecule has 5 atom stereocenters. The van der Waals surface area contributed by atoms with E-state index in [1.165, 1.54) is 30.3 Å². The Bertz CT molecular complexity index is 1390. The van der Waals surface area contributed by atoms with Crippen molar-refractivity contribution in [2.24, 2.45) is 0 Å². The van der Waals surface area contributed by atoms with E-state index in [-0.39, 0.29) is 33.3 Å². The van der Waals surface area contributed by atoms with E-state index in [0.29, 0.717) is 5.39 Å². The molecule has 2 aromatic heterocycles. The van der Waals surface area contributed by atoms with Crippen LogP contribution >= 0.6 is 0 Å². The largest absolute Gasteiger partial charge is 0.504 e. The predicted molar refractivity (Wildman–Crippen MR) is 107 cm³/mol. The first-order valence-electron chi connectivity index (χ1n) is 9.61. The van der Waals surface area contributed by atoms with Gasteiger partial charge in [0.1, 0.15) is 41.1 Å². The summed E-state index contributed by atoms with van der Waals surface area (Å²) in [5.74, 6) is -0.894. The molecule has 0 spiro atoms. The van der Waals surface area contributed by atoms with Crippen molar-refractivity contribution in [3.63, 3.8) is 0 Å². The van der Waals surface area contributed by atoms with Crippen LogP contribution in [0.3, 0.4) is 0 Å². The zero-order valence-corrected chi connectivity index (χ0v) is 16.2. The zero-order chi connectivity index (χ0) is 22.7. The van der Waals surface area contributed by atoms with Crippen LogP contribution in [0.5, 0.6) is 17.2 Å². The topological polar surface area (TPSA) is 183 Å². The number of fused-ring (bicyclic) bond motifs is 5. The van der Waals surface area contributed by atoms with E-state index in [2.05, 4.69) is 0 Å². The predicted octanol–water partition coefficient (Wildman–Crippen LogP) is 0.282. The van der Waals surface area contributed by atoms with E-state index in [1.807, 2.05) is 0 Å². The maximum atomic E-state index is 12.5. The molecule has 1 aliphatic heterocycles. The van der Waals surface area contributed by atoms with Crippen LogP contribution in [0.4, 0.5) is 0 Å². The second-order valence-corrected chi connectivity index (χ2v) is 7.48. The summed E-state index contributed by atoms with van der Waals surface area (Å²) in [6.45, 7) is -0.599. The summed E-state index contributed by atoms with van der Waals surface area (Å²) in [7, 11) is 0. The number of aliphatic hydroxyl groups is 4. The summed E-state index contributed by atoms with van der Waals surface area (Å²) >= 11 is 0. The van der Waals surface area contributed by atoms with Crippen LogP contribution in [0.15, 0.2) is 44.0 Å². The molecule has 6 N–H and O–H groups in total. The van der Waals surface area contributed by atoms with Crippen LogP contribution in [0.25, 0.3) is 32.9 Å². The summed E-state index contributed by atoms with van der Waals surface area (Å²) in [6, 6.07) is 7.07. The van der Waals surface area contributed by atoms with E-state index >= 15 is 0 Å². The number of benzene rings is 2. The van der Waals surface area contributed by atoms with Crippen molar-refractivity contribution in [2.45, 2.75) is 30.7 Å². The molecule has 0 amide bonds. The van der Waals surface area contributed by atoms with Crippen molar-refractivity contribution < 1.29 is 48.9 Å². The van der Waals surface area contributed by atoms with Crippen molar-refractivity contribution in [2.75, 3.05) is 6.61 Å². The first-order chi connectivity index (χ1) is 15.3. The van der Waals surface area contributed by atoms with Gasteiger partial charge < -0.3 is 48.9 Å². The Morgan fingerprint density at radius 3 is 2.41 bits per heavy atom. The smallest absolute Gasteiger partial charge is 0.348 e. The number of aromatic hydroxyl groups is 2. The highest BCUT2D eigenvalue weighted by Gasteiger charge is 2.44. The second kappa shape index (κ2) is 7.36. The van der Waals surface area contributed by atoms with Crippen molar-refractivity contribution >= 4 is 32.9 Å². The third-order valence-electron chi connectivity index (χ3n) is 5.52. The van der Waals surface area contributed by atoms with Crippen LogP contribution in [-0.4, -0.2) is 68.0 Å². The Kier molecular flexibility index (Phi) is 4.73. The molecule has 168 valence electrons. The van der Waals surface area contributed by atoms with E-state index in [4.69, 9.17) is 18.3 Å². The van der Waals surface area contributed by atoms with Crippen LogP contribution in [0, 0.1) is 0 Å². The molecule has 2 aromatic carbocycles. The molecule has 5 unspecified atom stereocenters. The quantitative estimate of drug-likeness (QED) is 0.188. The minimum absolute atomic E-state index is 0.122. The zero-order valence-electron chi connectivity index (χ0n) is 16.2. The average molecular weight is 446 g/mol. The van der Waals surface area contributed by atoms with E-state index in [0.717, 1.165) is 0 Å². The normalized spacial score (nSPS) is 26.2. The molecule has 32 heavy (non-hydrogen) atoms. The molecule has 1 fully saturated rings. The molecule has 3 heterocycles. The Hall–Kier alpha value is -3.35. The van der Waals surface area contributed by atoms with Gasteiger partial charge in [0, 0.05) is 11.5 Å². The van der Waals surface area contributed by atoms with Gasteiger partial charge in [0.25, 0.3) is 0 Å². The van der Waals surface area contributed by atoms with Crippen molar-refractivity contribution in [1.82, 2.24) is 0 Å². The fraction of sp³-hybridized carbons (Fsp3) is 0.286. The molecule has 0 bridgehead atoms. The number of phenolic OH excluding ortho intramolecular Hbond substituents is 2. The third kappa shape index (κ3) is 2.98. The van der Waals surface area contributed by atoms with Gasteiger partial charge in [-0.2, -0.15) is 0 Å². The maximum absolute atomic E-state index is 12.5. The van der Waals surface area contributed by atoms with Crippen molar-refractivity contribution in [3.05, 3.63) is 40.8 Å². The molecule has 11 nitrogen and oxygen atoms in total. The monoisotopic (exact) mass is 446 g/mol. The molecular formula is C21H18O11. The minimum Gasteiger partial charge on any atom is -0.504 e. The highest BCUT2D eigenvalue weighted by atomic mass is 16.7. The maximum Gasteiger partial charge on any atom is 0.348 e. The fourth-order valence-corrected chi connectivity index (χ4v) is 3.83. The fourth-order valence-electron chi connectivity index (χ4n) is 3.83. The first kappa shape index (κ1) is 20.5. The second-order valence-electron chi connectivity index (χ2n) is 7.48. The lowest BCUT2D eigenvalue weighted by Gasteiger charge is -2.39. The Balaban J connectivity index is 1.58. The van der Waals surface area contributed by atoms with Crippen molar-refractivity contribution in [3.8, 4) is 17.2 Å². The van der Waals surface area contributed by atoms with E-state index in [1.54, 1.807) is 0 Å². The number of phenols is 2. The summed E-state index contributed by atoms with van der Waals surface area (Å²) in [6.07, 6.45) is -7.23. The molecule has 0 radical (unpaired) electrons. The standard InChI is InChI=1S/C21H18O11/c22-6-12-15(25)16(26)17(27)21(31-12)29-7-1-2-8-11(5-7)30-18-9-3-4-10(23)14(24)19(9)32-20(28)13(8)18/h1-5,12,15-17,21-27H,6H2. The number of hydrogen-bond acceptors (Lipinski definition) is 11. The van der Waals surface area contributed by atoms with Gasteiger partial charge in [-0.25, -0.2) is 4.79 Å². The highest BCUT2D eigenvalue weighted by molar-refractivity contribution is 6.14. The molecular weight excluding hydrogens is 428 g/mol. The summed E-state index contributed by atoms with van der Waals surface area (Å²) in [5, 5.41) is 59.7. The van der Waals surface area contributed by atoms with Crippen LogP contribution < -0.4 is 10.4 Å². The van der Waals surface area contributed by atoms with Gasteiger partial charge in [-0.15, -0.1) is 0 Å². The number of ether oxygens (including phenoxy) is 2. The molecule has 5 rings (SSSR count). The van der Waals surface area contributed by atoms with Gasteiger partial charge in [0.15, 0.2) is 16.9 Å². The summed E-state index contributed by atoms with van der Waals surface area (Å²) in [4.78, 5) is 12.5. The SMILES string of the molecule is O=c1oc2c(O)c(O)ccc2c2oc3cc(OC4OC(CO)C(O)C(O)C4O)ccc3c12. The van der Waals surface area contributed by atoms with E-state index in [9.17, 15) is 35.4 Å². The summed E-state index contributed by atoms with van der Waals surface area (Å²) in [5.41, 5.74) is -0.657. The molecule has 11 heteroatoms. The number of aliphatic hydroxyl groups excluding tert-OH is 4. The molecule has 0 aliphatic carbocycles. The number of furan rings is 1. The Morgan fingerprint density at radius 1 is 0.906 bits per heavy atom. The lowest BCUT2D eigenvalue weighted by Crippen LogP contribution is -2.60. The molecule has 4 aromatic rings. The minimum atomic E-state index is -1.60. The molecule has 0 saturated carbocycles. The third-order valence-corrected chi connectivity index (χ3v) is 5.52.